The first-order chi connectivity index (χ1) is 15.4. The monoisotopic (exact) mass is 472 g/mol. The molecule has 0 saturated carbocycles. The molecule has 0 unspecified atom stereocenters. The molecule has 1 amide bonds. The molecular weight excluding hydrogens is 446 g/mol. The molecule has 0 bridgehead atoms. The quantitative estimate of drug-likeness (QED) is 0.656. The number of amides is 1. The van der Waals surface area contributed by atoms with Gasteiger partial charge in [0.15, 0.2) is 5.54 Å². The van der Waals surface area contributed by atoms with Crippen LogP contribution < -0.4 is 0 Å². The smallest absolute Gasteiger partial charge is 0.480 e. The van der Waals surface area contributed by atoms with E-state index >= 15 is 0 Å². The van der Waals surface area contributed by atoms with E-state index in [1.807, 2.05) is 0 Å². The summed E-state index contributed by atoms with van der Waals surface area (Å²) in [6.07, 6.45) is -1.12. The third kappa shape index (κ3) is 5.75. The highest BCUT2D eigenvalue weighted by molar-refractivity contribution is 5.90. The first-order valence-corrected chi connectivity index (χ1v) is 10.2. The molecule has 2 heterocycles. The lowest BCUT2D eigenvalue weighted by atomic mass is 9.91. The van der Waals surface area contributed by atoms with Crippen molar-refractivity contribution < 1.29 is 47.3 Å². The van der Waals surface area contributed by atoms with Crippen LogP contribution in [0.5, 0.6) is 0 Å². The fraction of sp³-hybridized carbons (Fsp3) is 0.571. The number of carbonyl (C=O) groups is 3. The highest BCUT2D eigenvalue weighted by Gasteiger charge is 2.57. The van der Waals surface area contributed by atoms with Crippen molar-refractivity contribution in [2.45, 2.75) is 38.0 Å². The number of aliphatic carboxylic acids is 1. The van der Waals surface area contributed by atoms with E-state index in [9.17, 15) is 28.3 Å². The Morgan fingerprint density at radius 1 is 1.15 bits per heavy atom. The van der Waals surface area contributed by atoms with Gasteiger partial charge in [-0.2, -0.15) is 0 Å². The van der Waals surface area contributed by atoms with Gasteiger partial charge >= 0.3 is 12.1 Å². The highest BCUT2D eigenvalue weighted by Crippen LogP contribution is 2.36. The van der Waals surface area contributed by atoms with Crippen molar-refractivity contribution in [3.8, 4) is 0 Å². The molecule has 1 aromatic rings. The summed E-state index contributed by atoms with van der Waals surface area (Å²) >= 11 is 0. The molecule has 1 N–H and O–H groups in total. The van der Waals surface area contributed by atoms with E-state index in [0.29, 0.717) is 6.07 Å². The van der Waals surface area contributed by atoms with Crippen LogP contribution >= 0.6 is 0 Å². The van der Waals surface area contributed by atoms with Gasteiger partial charge in [0.25, 0.3) is 5.91 Å². The van der Waals surface area contributed by atoms with E-state index in [1.165, 1.54) is 0 Å². The summed E-state index contributed by atoms with van der Waals surface area (Å²) in [5.74, 6) is -3.95. The number of rotatable bonds is 4. The lowest BCUT2D eigenvalue weighted by Crippen LogP contribution is -2.70. The van der Waals surface area contributed by atoms with Crippen molar-refractivity contribution in [1.29, 1.82) is 0 Å². The number of hydroxylamine groups is 2. The summed E-state index contributed by atoms with van der Waals surface area (Å²) in [7, 11) is 0. The third-order valence-corrected chi connectivity index (χ3v) is 5.05. The lowest BCUT2D eigenvalue weighted by Gasteiger charge is -2.49. The Balaban J connectivity index is 2.05. The summed E-state index contributed by atoms with van der Waals surface area (Å²) in [5, 5.41) is 10.4. The van der Waals surface area contributed by atoms with Crippen molar-refractivity contribution in [3.63, 3.8) is 0 Å². The Bertz CT molecular complexity index is 892. The molecule has 1 atom stereocenters. The molecule has 1 spiro atoms. The van der Waals surface area contributed by atoms with E-state index in [1.54, 1.807) is 20.8 Å². The van der Waals surface area contributed by atoms with Crippen molar-refractivity contribution in [1.82, 2.24) is 9.96 Å². The topological polar surface area (TPSA) is 115 Å². The minimum Gasteiger partial charge on any atom is -0.480 e. The molecule has 33 heavy (non-hydrogen) atoms. The average molecular weight is 472 g/mol. The van der Waals surface area contributed by atoms with Crippen molar-refractivity contribution in [2.75, 3.05) is 39.5 Å². The number of carboxylic acid groups (broad SMARTS) is 1. The molecule has 2 saturated heterocycles. The van der Waals surface area contributed by atoms with E-state index in [2.05, 4.69) is 0 Å². The lowest BCUT2D eigenvalue weighted by molar-refractivity contribution is -0.243. The standard InChI is InChI=1S/C21H26F2N2O8/c1-20(2,3)32-19(29)33-25-9-16(13-6-14(22)8-15(23)7-13)24(10-17(26)27)18(28)21(25)11-30-4-5-31-12-21/h6-8,16H,4-5,9-12H2,1-3H3,(H,26,27)/t16-/m0/s1. The van der Waals surface area contributed by atoms with Crippen molar-refractivity contribution in [2.24, 2.45) is 0 Å². The van der Waals surface area contributed by atoms with Crippen LogP contribution in [-0.4, -0.2) is 83.8 Å². The second-order valence-corrected chi connectivity index (χ2v) is 8.80. The molecule has 2 aliphatic rings. The van der Waals surface area contributed by atoms with E-state index < -0.39 is 53.4 Å². The van der Waals surface area contributed by atoms with Gasteiger partial charge < -0.3 is 29.1 Å². The molecule has 2 aliphatic heterocycles. The molecule has 3 rings (SSSR count). The number of ether oxygens (including phenoxy) is 3. The molecule has 12 heteroatoms. The van der Waals surface area contributed by atoms with Crippen LogP contribution in [0.1, 0.15) is 32.4 Å². The van der Waals surface area contributed by atoms with Crippen LogP contribution in [0.2, 0.25) is 0 Å². The maximum atomic E-state index is 13.9. The van der Waals surface area contributed by atoms with E-state index in [-0.39, 0.29) is 38.5 Å². The van der Waals surface area contributed by atoms with Gasteiger partial charge in [0.05, 0.1) is 39.0 Å². The summed E-state index contributed by atoms with van der Waals surface area (Å²) in [5.41, 5.74) is -2.63. The highest BCUT2D eigenvalue weighted by atomic mass is 19.1. The number of hydrogen-bond donors (Lipinski definition) is 1. The molecule has 1 aromatic carbocycles. The molecule has 0 aliphatic carbocycles. The Morgan fingerprint density at radius 2 is 1.73 bits per heavy atom. The van der Waals surface area contributed by atoms with E-state index in [0.717, 1.165) is 22.1 Å². The molecule has 182 valence electrons. The number of halogens is 2. The molecule has 2 fully saturated rings. The number of benzene rings is 1. The zero-order valence-corrected chi connectivity index (χ0v) is 18.5. The van der Waals surface area contributed by atoms with Gasteiger partial charge in [0.1, 0.15) is 23.8 Å². The Labute approximate surface area is 188 Å². The maximum Gasteiger partial charge on any atom is 0.528 e. The average Bonchev–Trinajstić information content (AvgIpc) is 2.92. The van der Waals surface area contributed by atoms with Gasteiger partial charge in [-0.1, -0.05) is 0 Å². The fourth-order valence-corrected chi connectivity index (χ4v) is 3.72. The normalized spacial score (nSPS) is 21.5. The number of carboxylic acids is 1. The van der Waals surface area contributed by atoms with Crippen LogP contribution in [0.4, 0.5) is 13.6 Å². The fourth-order valence-electron chi connectivity index (χ4n) is 3.72. The van der Waals surface area contributed by atoms with E-state index in [4.69, 9.17) is 19.0 Å². The molecular formula is C21H26F2N2O8. The van der Waals surface area contributed by atoms with Gasteiger partial charge in [0.2, 0.25) is 0 Å². The minimum absolute atomic E-state index is 0.00908. The summed E-state index contributed by atoms with van der Waals surface area (Å²) in [4.78, 5) is 44.0. The second kappa shape index (κ2) is 9.57. The van der Waals surface area contributed by atoms with Gasteiger partial charge in [-0.15, -0.1) is 5.06 Å². The third-order valence-electron chi connectivity index (χ3n) is 5.05. The second-order valence-electron chi connectivity index (χ2n) is 8.80. The summed E-state index contributed by atoms with van der Waals surface area (Å²) in [6, 6.07) is 1.47. The maximum absolute atomic E-state index is 13.9. The first-order valence-electron chi connectivity index (χ1n) is 10.2. The Kier molecular flexibility index (Phi) is 7.20. The largest absolute Gasteiger partial charge is 0.528 e. The van der Waals surface area contributed by atoms with Crippen LogP contribution in [0.25, 0.3) is 0 Å². The van der Waals surface area contributed by atoms with Crippen LogP contribution in [-0.2, 0) is 28.6 Å². The van der Waals surface area contributed by atoms with Crippen LogP contribution in [0.3, 0.4) is 0 Å². The number of hydrogen-bond acceptors (Lipinski definition) is 8. The molecule has 0 aromatic heterocycles. The number of piperazine rings is 1. The first kappa shape index (κ1) is 24.8. The molecule has 0 radical (unpaired) electrons. The minimum atomic E-state index is -1.72. The molecule has 10 nitrogen and oxygen atoms in total. The van der Waals surface area contributed by atoms with Gasteiger partial charge in [-0.25, -0.2) is 13.6 Å². The summed E-state index contributed by atoms with van der Waals surface area (Å²) in [6.45, 7) is 3.57. The Hall–Kier alpha value is -2.83. The van der Waals surface area contributed by atoms with Crippen LogP contribution in [0.15, 0.2) is 18.2 Å². The van der Waals surface area contributed by atoms with Crippen molar-refractivity contribution >= 4 is 18.0 Å². The predicted octanol–water partition coefficient (Wildman–Crippen LogP) is 1.89. The number of carbonyl (C=O) groups excluding carboxylic acids is 2. The Morgan fingerprint density at radius 3 is 2.24 bits per heavy atom. The summed E-state index contributed by atoms with van der Waals surface area (Å²) < 4.78 is 44.1. The van der Waals surface area contributed by atoms with Crippen LogP contribution in [0, 0.1) is 11.6 Å². The SMILES string of the molecule is CC(C)(C)OC(=O)ON1C[C@@H](c2cc(F)cc(F)c2)N(CC(=O)O)C(=O)C12COCCOC2. The van der Waals surface area contributed by atoms with Gasteiger partial charge in [0, 0.05) is 6.07 Å². The zero-order valence-electron chi connectivity index (χ0n) is 18.5. The van der Waals surface area contributed by atoms with Gasteiger partial charge in [-0.3, -0.25) is 9.59 Å². The number of nitrogens with zero attached hydrogens (tertiary/aromatic N) is 2. The predicted molar refractivity (Wildman–Crippen MR) is 107 cm³/mol. The van der Waals surface area contributed by atoms with Crippen molar-refractivity contribution in [3.05, 3.63) is 35.4 Å². The zero-order chi connectivity index (χ0) is 24.4. The van der Waals surface area contributed by atoms with Gasteiger partial charge in [-0.05, 0) is 38.5 Å².